The molecule has 3 aliphatic heterocycles. The smallest absolute Gasteiger partial charge is 0.259 e. The van der Waals surface area contributed by atoms with E-state index >= 15 is 0 Å². The molecule has 0 radical (unpaired) electrons. The van der Waals surface area contributed by atoms with Crippen LogP contribution in [0.15, 0.2) is 36.9 Å². The fourth-order valence-corrected chi connectivity index (χ4v) is 10.6. The number of sulfonamides is 1. The maximum Gasteiger partial charge on any atom is 0.259 e. The van der Waals surface area contributed by atoms with Crippen LogP contribution in [0.2, 0.25) is 0 Å². The molecule has 57 heavy (non-hydrogen) atoms. The van der Waals surface area contributed by atoms with E-state index in [0.29, 0.717) is 62.7 Å². The van der Waals surface area contributed by atoms with E-state index in [2.05, 4.69) is 16.6 Å². The molecule has 8 rings (SSSR count). The molecular weight excluding hydrogens is 751 g/mol. The van der Waals surface area contributed by atoms with Crippen molar-refractivity contribution >= 4 is 50.6 Å². The zero-order chi connectivity index (χ0) is 40.1. The van der Waals surface area contributed by atoms with E-state index in [0.717, 1.165) is 42.2 Å². The Bertz CT molecular complexity index is 2100. The highest BCUT2D eigenvalue weighted by atomic mass is 32.2. The predicted octanol–water partition coefficient (Wildman–Crippen LogP) is 3.80. The molecule has 6 aliphatic rings. The van der Waals surface area contributed by atoms with Crippen LogP contribution in [0.4, 0.5) is 0 Å². The largest absolute Gasteiger partial charge is 0.488 e. The van der Waals surface area contributed by atoms with E-state index < -0.39 is 56.6 Å². The molecule has 4 heterocycles. The first-order valence-corrected chi connectivity index (χ1v) is 22.1. The van der Waals surface area contributed by atoms with Gasteiger partial charge in [-0.15, -0.1) is 6.58 Å². The van der Waals surface area contributed by atoms with Gasteiger partial charge in [-0.2, -0.15) is 0 Å². The maximum absolute atomic E-state index is 15.0. The van der Waals surface area contributed by atoms with Gasteiger partial charge >= 0.3 is 0 Å². The van der Waals surface area contributed by atoms with Gasteiger partial charge in [0, 0.05) is 49.2 Å². The van der Waals surface area contributed by atoms with Gasteiger partial charge in [0.25, 0.3) is 5.91 Å². The lowest BCUT2D eigenvalue weighted by atomic mass is 9.86. The van der Waals surface area contributed by atoms with E-state index in [1.807, 2.05) is 38.1 Å². The van der Waals surface area contributed by atoms with Crippen LogP contribution in [0.3, 0.4) is 0 Å². The number of carbonyl (C=O) groups is 4. The number of hydrogen-bond donors (Lipinski definition) is 2. The van der Waals surface area contributed by atoms with Crippen LogP contribution in [-0.4, -0.2) is 109 Å². The van der Waals surface area contributed by atoms with Gasteiger partial charge in [0.1, 0.15) is 23.4 Å². The minimum absolute atomic E-state index is 0.0181. The van der Waals surface area contributed by atoms with Gasteiger partial charge in [0.05, 0.1) is 36.6 Å². The second kappa shape index (κ2) is 15.7. The fraction of sp³-hybridized carbons (Fsp3) is 0.595. The first-order chi connectivity index (χ1) is 27.4. The molecule has 0 spiro atoms. The average molecular weight is 804 g/mol. The average Bonchev–Trinajstić information content (AvgIpc) is 3.95. The molecule has 1 aromatic heterocycles. The van der Waals surface area contributed by atoms with Crippen molar-refractivity contribution in [1.82, 2.24) is 24.8 Å². The van der Waals surface area contributed by atoms with Crippen molar-refractivity contribution in [3.63, 3.8) is 0 Å². The summed E-state index contributed by atoms with van der Waals surface area (Å²) in [6.07, 6.45) is 10.2. The normalized spacial score (nSPS) is 30.0. The zero-order valence-corrected chi connectivity index (χ0v) is 33.6. The van der Waals surface area contributed by atoms with Gasteiger partial charge in [0.2, 0.25) is 33.6 Å². The number of nitrogens with one attached hydrogen (secondary N) is 2. The monoisotopic (exact) mass is 803 g/mol. The highest BCUT2D eigenvalue weighted by molar-refractivity contribution is 7.91. The van der Waals surface area contributed by atoms with Crippen LogP contribution in [0, 0.1) is 24.7 Å². The Morgan fingerprint density at radius 2 is 1.88 bits per heavy atom. The second-order valence-corrected chi connectivity index (χ2v) is 18.6. The quantitative estimate of drug-likeness (QED) is 0.355. The molecule has 6 bridgehead atoms. The molecule has 6 atom stereocenters. The first kappa shape index (κ1) is 39.3. The lowest BCUT2D eigenvalue weighted by molar-refractivity contribution is -0.146. The summed E-state index contributed by atoms with van der Waals surface area (Å²) in [7, 11) is -3.89. The van der Waals surface area contributed by atoms with Gasteiger partial charge in [-0.3, -0.25) is 23.9 Å². The molecule has 4 amide bonds. The van der Waals surface area contributed by atoms with E-state index in [1.54, 1.807) is 11.0 Å². The molecule has 5 fully saturated rings. The third kappa shape index (κ3) is 8.01. The molecule has 3 aliphatic carbocycles. The Morgan fingerprint density at radius 1 is 1.09 bits per heavy atom. The number of nitrogens with zero attached hydrogens (tertiary/aromatic N) is 3. The summed E-state index contributed by atoms with van der Waals surface area (Å²) in [5.74, 6) is -2.13. The van der Waals surface area contributed by atoms with Crippen molar-refractivity contribution in [3.8, 4) is 11.6 Å². The number of ether oxygens (including phenoxy) is 3. The van der Waals surface area contributed by atoms with Crippen molar-refractivity contribution in [3.05, 3.63) is 48.1 Å². The van der Waals surface area contributed by atoms with Crippen LogP contribution in [0.1, 0.15) is 82.3 Å². The van der Waals surface area contributed by atoms with Crippen LogP contribution in [0.5, 0.6) is 11.6 Å². The standard InChI is InChI=1S/C42H53N5O9S/c1-4-28-22-42(28,41(51)45-57(52,53)31-12-13-31)44-39(49)35-19-30-24-47(35)40(50)32(26-9-6-7-10-26)20-38(48)46-15-14-29(23-46)55-16-8-11-27-18-33-34(17-25(27)3)43-37(54-5-2)21-36(33)56-30/h4,8,11,17-18,21,26,28-32,35H,1,5-7,9-10,12-16,19-20,22-24H2,2-3H3,(H,44,49)(H,45,51)/b11-8+/t28-,29-,30+,32-,35-,42+/m0/s1. The van der Waals surface area contributed by atoms with Crippen LogP contribution >= 0.6 is 0 Å². The number of amides is 4. The van der Waals surface area contributed by atoms with E-state index in [9.17, 15) is 27.6 Å². The molecule has 2 saturated heterocycles. The molecule has 3 saturated carbocycles. The summed E-state index contributed by atoms with van der Waals surface area (Å²) in [6.45, 7) is 9.50. The van der Waals surface area contributed by atoms with Crippen molar-refractivity contribution in [2.24, 2.45) is 17.8 Å². The van der Waals surface area contributed by atoms with Gasteiger partial charge in [-0.25, -0.2) is 13.4 Å². The number of aromatic nitrogens is 1. The summed E-state index contributed by atoms with van der Waals surface area (Å²) in [5.41, 5.74) is 1.07. The predicted molar refractivity (Wildman–Crippen MR) is 211 cm³/mol. The SMILES string of the molecule is C=C[C@H]1C[C@]1(NC(=O)[C@@H]1C[C@@H]2CN1C(=O)[C@H](C1CCCC1)CC(=O)N1CC[C@@H](C1)OC/C=C/c1cc3c(cc(OCC)nc3cc1C)O2)C(=O)NS(=O)(=O)C1CC1. The molecular formula is C42H53N5O9S. The van der Waals surface area contributed by atoms with Gasteiger partial charge in [-0.05, 0) is 81.5 Å². The molecule has 306 valence electrons. The summed E-state index contributed by atoms with van der Waals surface area (Å²) in [5, 5.41) is 2.99. The summed E-state index contributed by atoms with van der Waals surface area (Å²) >= 11 is 0. The zero-order valence-electron chi connectivity index (χ0n) is 32.7. The van der Waals surface area contributed by atoms with Gasteiger partial charge in [0.15, 0.2) is 0 Å². The molecule has 1 aromatic carbocycles. The Balaban J connectivity index is 1.16. The maximum atomic E-state index is 15.0. The number of fused-ring (bicyclic) bond motifs is 5. The Morgan fingerprint density at radius 3 is 2.60 bits per heavy atom. The number of hydrogen-bond acceptors (Lipinski definition) is 10. The number of benzene rings is 1. The summed E-state index contributed by atoms with van der Waals surface area (Å²) < 4.78 is 46.6. The number of carbonyl (C=O) groups excluding carboxylic acids is 4. The highest BCUT2D eigenvalue weighted by Crippen LogP contribution is 2.46. The van der Waals surface area contributed by atoms with E-state index in [1.165, 1.54) is 11.0 Å². The Kier molecular flexibility index (Phi) is 10.8. The minimum Gasteiger partial charge on any atom is -0.488 e. The van der Waals surface area contributed by atoms with Gasteiger partial charge in [-0.1, -0.05) is 31.1 Å². The van der Waals surface area contributed by atoms with E-state index in [4.69, 9.17) is 19.2 Å². The van der Waals surface area contributed by atoms with E-state index in [-0.39, 0.29) is 49.6 Å². The lowest BCUT2D eigenvalue weighted by Gasteiger charge is -2.32. The van der Waals surface area contributed by atoms with Crippen molar-refractivity contribution < 1.29 is 41.8 Å². The number of aryl methyl sites for hydroxylation is 1. The summed E-state index contributed by atoms with van der Waals surface area (Å²) in [4.78, 5) is 65.2. The van der Waals surface area contributed by atoms with Gasteiger partial charge < -0.3 is 29.3 Å². The molecule has 15 heteroatoms. The fourth-order valence-electron chi connectivity index (χ4n) is 9.22. The molecule has 2 N–H and O–H groups in total. The van der Waals surface area contributed by atoms with Crippen LogP contribution in [-0.2, 0) is 33.9 Å². The molecule has 0 unspecified atom stereocenters. The summed E-state index contributed by atoms with van der Waals surface area (Å²) in [6, 6.07) is 4.64. The first-order valence-electron chi connectivity index (χ1n) is 20.5. The van der Waals surface area contributed by atoms with Crippen molar-refractivity contribution in [2.75, 3.05) is 32.8 Å². The molecule has 2 aromatic rings. The number of pyridine rings is 1. The topological polar surface area (TPSA) is 174 Å². The third-order valence-corrected chi connectivity index (χ3v) is 14.5. The van der Waals surface area contributed by atoms with Crippen LogP contribution in [0.25, 0.3) is 17.0 Å². The lowest BCUT2D eigenvalue weighted by Crippen LogP contribution is -2.57. The molecule has 14 nitrogen and oxygen atoms in total. The van der Waals surface area contributed by atoms with Crippen molar-refractivity contribution in [2.45, 2.75) is 107 Å². The minimum atomic E-state index is -3.89. The Hall–Kier alpha value is -4.50. The number of rotatable bonds is 9. The van der Waals surface area contributed by atoms with Crippen molar-refractivity contribution in [1.29, 1.82) is 0 Å². The van der Waals surface area contributed by atoms with Crippen LogP contribution < -0.4 is 19.5 Å². The highest BCUT2D eigenvalue weighted by Gasteiger charge is 2.62. The Labute approximate surface area is 333 Å². The second-order valence-electron chi connectivity index (χ2n) is 16.6. The third-order valence-electron chi connectivity index (χ3n) is 12.7.